The third-order valence-electron chi connectivity index (χ3n) is 5.86. The van der Waals surface area contributed by atoms with Crippen LogP contribution in [0.3, 0.4) is 0 Å². The van der Waals surface area contributed by atoms with Crippen molar-refractivity contribution >= 4 is 29.0 Å². The standard InChI is InChI=1S/C25H34F2N4O5/c1-15(2)11-30(17-10-16(23(33)34)12-29(13-17)24(35)36-25(3,4)5)22(32)21-28-18-8-6-7-9-19(18)31(21)14-20(26)27/h6-9,15-17,20H,10-14H2,1-5H3,(H,33,34)/t16-,17+/m1/s1. The maximum absolute atomic E-state index is 13.8. The first-order valence-electron chi connectivity index (χ1n) is 12.0. The Morgan fingerprint density at radius 1 is 1.19 bits per heavy atom. The largest absolute Gasteiger partial charge is 0.481 e. The summed E-state index contributed by atoms with van der Waals surface area (Å²) >= 11 is 0. The van der Waals surface area contributed by atoms with Gasteiger partial charge in [0.1, 0.15) is 5.60 Å². The van der Waals surface area contributed by atoms with Crippen LogP contribution in [0.25, 0.3) is 11.0 Å². The first-order valence-corrected chi connectivity index (χ1v) is 12.0. The number of carboxylic acid groups (broad SMARTS) is 1. The van der Waals surface area contributed by atoms with Gasteiger partial charge in [0, 0.05) is 19.6 Å². The number of aliphatic carboxylic acids is 1. The number of piperidine rings is 1. The molecular weight excluding hydrogens is 474 g/mol. The minimum absolute atomic E-state index is 0.0120. The third-order valence-corrected chi connectivity index (χ3v) is 5.86. The molecule has 36 heavy (non-hydrogen) atoms. The number of fused-ring (bicyclic) bond motifs is 1. The van der Waals surface area contributed by atoms with Crippen LogP contribution in [0.2, 0.25) is 0 Å². The van der Waals surface area contributed by atoms with Crippen molar-refractivity contribution in [2.24, 2.45) is 11.8 Å². The number of carbonyl (C=O) groups excluding carboxylic acids is 2. The quantitative estimate of drug-likeness (QED) is 0.604. The minimum atomic E-state index is -2.71. The molecule has 0 spiro atoms. The van der Waals surface area contributed by atoms with Gasteiger partial charge in [-0.25, -0.2) is 18.6 Å². The fourth-order valence-corrected chi connectivity index (χ4v) is 4.43. The molecule has 198 valence electrons. The van der Waals surface area contributed by atoms with Crippen molar-refractivity contribution < 1.29 is 33.0 Å². The lowest BCUT2D eigenvalue weighted by Crippen LogP contribution is -2.57. The highest BCUT2D eigenvalue weighted by Crippen LogP contribution is 2.27. The molecule has 0 saturated carbocycles. The number of hydrogen-bond donors (Lipinski definition) is 1. The van der Waals surface area contributed by atoms with Crippen molar-refractivity contribution in [3.63, 3.8) is 0 Å². The minimum Gasteiger partial charge on any atom is -0.481 e. The molecule has 0 aliphatic carbocycles. The summed E-state index contributed by atoms with van der Waals surface area (Å²) in [5.41, 5.74) is 0.0394. The van der Waals surface area contributed by atoms with Gasteiger partial charge in [-0.2, -0.15) is 0 Å². The van der Waals surface area contributed by atoms with Crippen LogP contribution in [0, 0.1) is 11.8 Å². The maximum atomic E-state index is 13.8. The Kier molecular flexibility index (Phi) is 8.20. The van der Waals surface area contributed by atoms with Gasteiger partial charge in [-0.15, -0.1) is 0 Å². The normalized spacial score (nSPS) is 18.6. The van der Waals surface area contributed by atoms with Gasteiger partial charge in [0.2, 0.25) is 0 Å². The number of aromatic nitrogens is 2. The number of hydrogen-bond acceptors (Lipinski definition) is 5. The predicted octanol–water partition coefficient (Wildman–Crippen LogP) is 4.11. The van der Waals surface area contributed by atoms with E-state index in [2.05, 4.69) is 4.98 Å². The van der Waals surface area contributed by atoms with Gasteiger partial charge >= 0.3 is 12.1 Å². The number of benzene rings is 1. The lowest BCUT2D eigenvalue weighted by atomic mass is 9.92. The zero-order chi connectivity index (χ0) is 26.8. The zero-order valence-electron chi connectivity index (χ0n) is 21.3. The molecule has 0 radical (unpaired) electrons. The molecule has 1 aromatic carbocycles. The Morgan fingerprint density at radius 2 is 1.86 bits per heavy atom. The molecule has 2 aromatic rings. The summed E-state index contributed by atoms with van der Waals surface area (Å²) in [7, 11) is 0. The molecule has 1 aromatic heterocycles. The van der Waals surface area contributed by atoms with Crippen LogP contribution in [0.4, 0.5) is 13.6 Å². The molecule has 1 aliphatic heterocycles. The van der Waals surface area contributed by atoms with E-state index < -0.39 is 48.5 Å². The van der Waals surface area contributed by atoms with Crippen molar-refractivity contribution in [2.75, 3.05) is 19.6 Å². The topological polar surface area (TPSA) is 105 Å². The highest BCUT2D eigenvalue weighted by molar-refractivity contribution is 5.95. The second-order valence-electron chi connectivity index (χ2n) is 10.6. The first kappa shape index (κ1) is 27.3. The number of amides is 2. The Labute approximate surface area is 209 Å². The SMILES string of the molecule is CC(C)CN(C(=O)c1nc2ccccc2n1CC(F)F)[C@H]1C[C@@H](C(=O)O)CN(C(=O)OC(C)(C)C)C1. The molecule has 1 fully saturated rings. The second kappa shape index (κ2) is 10.8. The molecule has 2 heterocycles. The zero-order valence-corrected chi connectivity index (χ0v) is 21.3. The van der Waals surface area contributed by atoms with Gasteiger partial charge in [-0.05, 0) is 45.2 Å². The summed E-state index contributed by atoms with van der Waals surface area (Å²) in [5.74, 6) is -2.74. The second-order valence-corrected chi connectivity index (χ2v) is 10.6. The van der Waals surface area contributed by atoms with Gasteiger partial charge in [0.15, 0.2) is 5.82 Å². The first-order chi connectivity index (χ1) is 16.8. The fourth-order valence-electron chi connectivity index (χ4n) is 4.43. The van der Waals surface area contributed by atoms with Crippen LogP contribution >= 0.6 is 0 Å². The number of halogens is 2. The van der Waals surface area contributed by atoms with Crippen LogP contribution in [0.15, 0.2) is 24.3 Å². The number of ether oxygens (including phenoxy) is 1. The Hall–Kier alpha value is -3.24. The molecule has 1 saturated heterocycles. The average Bonchev–Trinajstić information content (AvgIpc) is 3.13. The predicted molar refractivity (Wildman–Crippen MR) is 129 cm³/mol. The molecule has 9 nitrogen and oxygen atoms in total. The average molecular weight is 509 g/mol. The Balaban J connectivity index is 2.01. The van der Waals surface area contributed by atoms with Gasteiger partial charge < -0.3 is 24.2 Å². The maximum Gasteiger partial charge on any atom is 0.410 e. The van der Waals surface area contributed by atoms with Gasteiger partial charge in [-0.3, -0.25) is 9.59 Å². The van der Waals surface area contributed by atoms with Crippen molar-refractivity contribution in [1.82, 2.24) is 19.4 Å². The van der Waals surface area contributed by atoms with E-state index >= 15 is 0 Å². The van der Waals surface area contributed by atoms with E-state index in [1.165, 1.54) is 14.4 Å². The summed E-state index contributed by atoms with van der Waals surface area (Å²) < 4.78 is 33.6. The van der Waals surface area contributed by atoms with Crippen LogP contribution < -0.4 is 0 Å². The lowest BCUT2D eigenvalue weighted by molar-refractivity contribution is -0.144. The summed E-state index contributed by atoms with van der Waals surface area (Å²) in [5, 5.41) is 9.76. The summed E-state index contributed by atoms with van der Waals surface area (Å²) in [6, 6.07) is 6.00. The molecule has 2 atom stereocenters. The van der Waals surface area contributed by atoms with Crippen LogP contribution in [0.5, 0.6) is 0 Å². The lowest BCUT2D eigenvalue weighted by Gasteiger charge is -2.42. The van der Waals surface area contributed by atoms with E-state index in [1.54, 1.807) is 45.0 Å². The molecule has 3 rings (SSSR count). The van der Waals surface area contributed by atoms with Crippen molar-refractivity contribution in [2.45, 2.75) is 65.7 Å². The summed E-state index contributed by atoms with van der Waals surface area (Å²) in [6.07, 6.45) is -3.26. The van der Waals surface area contributed by atoms with Crippen LogP contribution in [-0.4, -0.2) is 80.1 Å². The van der Waals surface area contributed by atoms with Gasteiger partial charge in [0.25, 0.3) is 12.3 Å². The molecular formula is C25H34F2N4O5. The van der Waals surface area contributed by atoms with E-state index in [0.29, 0.717) is 11.0 Å². The number of imidazole rings is 1. The third kappa shape index (κ3) is 6.50. The number of alkyl halides is 2. The number of para-hydroxylation sites is 2. The van der Waals surface area contributed by atoms with Crippen LogP contribution in [0.1, 0.15) is 51.7 Å². The van der Waals surface area contributed by atoms with E-state index in [9.17, 15) is 28.3 Å². The fraction of sp³-hybridized carbons (Fsp3) is 0.600. The van der Waals surface area contributed by atoms with Gasteiger partial charge in [0.05, 0.1) is 29.5 Å². The Morgan fingerprint density at radius 3 is 2.44 bits per heavy atom. The van der Waals surface area contributed by atoms with E-state index in [0.717, 1.165) is 0 Å². The molecule has 2 amide bonds. The van der Waals surface area contributed by atoms with Crippen molar-refractivity contribution in [3.8, 4) is 0 Å². The molecule has 11 heteroatoms. The van der Waals surface area contributed by atoms with E-state index in [-0.39, 0.29) is 37.8 Å². The number of nitrogens with zero attached hydrogens (tertiary/aromatic N) is 4. The van der Waals surface area contributed by atoms with Crippen molar-refractivity contribution in [3.05, 3.63) is 30.1 Å². The molecule has 1 aliphatic rings. The monoisotopic (exact) mass is 508 g/mol. The molecule has 0 bridgehead atoms. The van der Waals surface area contributed by atoms with Crippen molar-refractivity contribution in [1.29, 1.82) is 0 Å². The highest BCUT2D eigenvalue weighted by Gasteiger charge is 2.40. The van der Waals surface area contributed by atoms with Gasteiger partial charge in [-0.1, -0.05) is 26.0 Å². The van der Waals surface area contributed by atoms with E-state index in [4.69, 9.17) is 4.74 Å². The number of carbonyl (C=O) groups is 3. The highest BCUT2D eigenvalue weighted by atomic mass is 19.3. The number of likely N-dealkylation sites (tertiary alicyclic amines) is 1. The summed E-state index contributed by atoms with van der Waals surface area (Å²) in [6.45, 7) is 8.46. The number of rotatable bonds is 7. The smallest absolute Gasteiger partial charge is 0.410 e. The summed E-state index contributed by atoms with van der Waals surface area (Å²) in [4.78, 5) is 45.8. The van der Waals surface area contributed by atoms with E-state index in [1.807, 2.05) is 13.8 Å². The van der Waals surface area contributed by atoms with Crippen LogP contribution in [-0.2, 0) is 16.1 Å². The molecule has 1 N–H and O–H groups in total. The number of carboxylic acids is 1. The molecule has 0 unspecified atom stereocenters. The Bertz CT molecular complexity index is 1110.